The first-order valence-corrected chi connectivity index (χ1v) is 10.7. The minimum absolute atomic E-state index is 0.0191. The Morgan fingerprint density at radius 1 is 1.13 bits per heavy atom. The third-order valence-electron chi connectivity index (χ3n) is 7.11. The van der Waals surface area contributed by atoms with Gasteiger partial charge in [-0.1, -0.05) is 0 Å². The van der Waals surface area contributed by atoms with E-state index in [1.54, 1.807) is 36.9 Å². The summed E-state index contributed by atoms with van der Waals surface area (Å²) in [7, 11) is 0. The topological polar surface area (TPSA) is 82.5 Å². The molecule has 0 aliphatic carbocycles. The fraction of sp³-hybridized carbons (Fsp3) is 0.500. The summed E-state index contributed by atoms with van der Waals surface area (Å²) >= 11 is 0. The average molecular weight is 406 g/mol. The van der Waals surface area contributed by atoms with Crippen LogP contribution in [0.15, 0.2) is 43.0 Å². The lowest BCUT2D eigenvalue weighted by Gasteiger charge is -2.47. The van der Waals surface area contributed by atoms with E-state index in [1.165, 1.54) is 0 Å². The monoisotopic (exact) mass is 406 g/mol. The van der Waals surface area contributed by atoms with E-state index in [4.69, 9.17) is 0 Å². The highest BCUT2D eigenvalue weighted by atomic mass is 16.2. The predicted octanol–water partition coefficient (Wildman–Crippen LogP) is 1.46. The molecule has 1 spiro atoms. The number of hydrogen-bond acceptors (Lipinski definition) is 6. The molecule has 3 saturated heterocycles. The van der Waals surface area contributed by atoms with Gasteiger partial charge >= 0.3 is 0 Å². The maximum atomic E-state index is 13.3. The predicted molar refractivity (Wildman–Crippen MR) is 111 cm³/mol. The Morgan fingerprint density at radius 2 is 1.90 bits per heavy atom. The van der Waals surface area contributed by atoms with Crippen LogP contribution in [0.3, 0.4) is 0 Å². The number of pyridine rings is 1. The number of carbonyl (C=O) groups excluding carboxylic acids is 2. The Labute approximate surface area is 175 Å². The third-order valence-corrected chi connectivity index (χ3v) is 7.11. The number of fused-ring (bicyclic) bond motifs is 2. The van der Waals surface area contributed by atoms with Crippen molar-refractivity contribution in [3.8, 4) is 0 Å². The van der Waals surface area contributed by atoms with E-state index in [1.807, 2.05) is 11.0 Å². The molecule has 8 heteroatoms. The number of likely N-dealkylation sites (tertiary alicyclic amines) is 2. The number of anilines is 1. The number of piperidine rings is 1. The van der Waals surface area contributed by atoms with Gasteiger partial charge in [-0.2, -0.15) is 0 Å². The highest BCUT2D eigenvalue weighted by Crippen LogP contribution is 2.50. The van der Waals surface area contributed by atoms with E-state index in [2.05, 4.69) is 31.7 Å². The molecule has 5 heterocycles. The molecule has 0 radical (unpaired) electrons. The van der Waals surface area contributed by atoms with Crippen LogP contribution in [0, 0.1) is 11.8 Å². The van der Waals surface area contributed by atoms with Crippen LogP contribution in [-0.4, -0.2) is 74.8 Å². The lowest BCUT2D eigenvalue weighted by atomic mass is 9.74. The molecule has 2 aromatic rings. The fourth-order valence-electron chi connectivity index (χ4n) is 5.72. The molecule has 8 nitrogen and oxygen atoms in total. The molecule has 30 heavy (non-hydrogen) atoms. The van der Waals surface area contributed by atoms with E-state index in [9.17, 15) is 9.59 Å². The third kappa shape index (κ3) is 2.85. The van der Waals surface area contributed by atoms with Gasteiger partial charge in [-0.25, -0.2) is 9.97 Å². The molecule has 0 aromatic carbocycles. The molecule has 0 bridgehead atoms. The Bertz CT molecular complexity index is 929. The number of rotatable bonds is 3. The minimum Gasteiger partial charge on any atom is -0.340 e. The Kier molecular flexibility index (Phi) is 4.64. The van der Waals surface area contributed by atoms with Gasteiger partial charge in [-0.05, 0) is 38.0 Å². The highest BCUT2D eigenvalue weighted by molar-refractivity contribution is 5.94. The second-order valence-corrected chi connectivity index (χ2v) is 8.39. The number of amides is 2. The van der Waals surface area contributed by atoms with E-state index >= 15 is 0 Å². The largest absolute Gasteiger partial charge is 0.340 e. The summed E-state index contributed by atoms with van der Waals surface area (Å²) in [4.78, 5) is 45.1. The first-order valence-electron chi connectivity index (χ1n) is 10.7. The van der Waals surface area contributed by atoms with Gasteiger partial charge in [0.15, 0.2) is 0 Å². The number of carbonyl (C=O) groups is 2. The Balaban J connectivity index is 1.36. The van der Waals surface area contributed by atoms with Gasteiger partial charge in [0.05, 0.1) is 17.0 Å². The maximum Gasteiger partial charge on any atom is 0.255 e. The molecule has 156 valence electrons. The second-order valence-electron chi connectivity index (χ2n) is 8.39. The summed E-state index contributed by atoms with van der Waals surface area (Å²) in [5.74, 6) is 1.18. The van der Waals surface area contributed by atoms with Crippen LogP contribution in [-0.2, 0) is 4.79 Å². The molecule has 2 amide bonds. The van der Waals surface area contributed by atoms with Crippen molar-refractivity contribution in [3.05, 3.63) is 48.5 Å². The molecule has 3 aliphatic heterocycles. The van der Waals surface area contributed by atoms with Crippen LogP contribution in [0.2, 0.25) is 0 Å². The van der Waals surface area contributed by atoms with Crippen molar-refractivity contribution in [2.24, 2.45) is 11.8 Å². The zero-order valence-electron chi connectivity index (χ0n) is 17.1. The maximum absolute atomic E-state index is 13.3. The van der Waals surface area contributed by atoms with Crippen LogP contribution in [0.25, 0.3) is 0 Å². The van der Waals surface area contributed by atoms with Crippen molar-refractivity contribution >= 4 is 17.8 Å². The first kappa shape index (κ1) is 19.0. The summed E-state index contributed by atoms with van der Waals surface area (Å²) in [5.41, 5.74) is 0.431. The SMILES string of the molecule is CCN1C(=O)[C@H]2CN(c3ncccn3)C[C@H]2C12CCN(C(=O)c1cccnc1)CC2. The van der Waals surface area contributed by atoms with Crippen molar-refractivity contribution in [2.75, 3.05) is 37.6 Å². The fourth-order valence-corrected chi connectivity index (χ4v) is 5.72. The molecule has 0 saturated carbocycles. The minimum atomic E-state index is -0.189. The summed E-state index contributed by atoms with van der Waals surface area (Å²) in [6.45, 7) is 5.54. The summed E-state index contributed by atoms with van der Waals surface area (Å²) in [5, 5.41) is 0. The van der Waals surface area contributed by atoms with Crippen LogP contribution in [0.4, 0.5) is 5.95 Å². The van der Waals surface area contributed by atoms with Gasteiger partial charge in [-0.15, -0.1) is 0 Å². The molecule has 2 aromatic heterocycles. The van der Waals surface area contributed by atoms with Crippen molar-refractivity contribution in [1.29, 1.82) is 0 Å². The zero-order chi connectivity index (χ0) is 20.7. The normalized spacial score (nSPS) is 25.1. The van der Waals surface area contributed by atoms with Gasteiger partial charge in [-0.3, -0.25) is 14.6 Å². The Morgan fingerprint density at radius 3 is 2.57 bits per heavy atom. The van der Waals surface area contributed by atoms with E-state index in [0.717, 1.165) is 19.4 Å². The number of aromatic nitrogens is 3. The Hall–Kier alpha value is -3.03. The van der Waals surface area contributed by atoms with Crippen LogP contribution >= 0.6 is 0 Å². The lowest BCUT2D eigenvalue weighted by molar-refractivity contribution is -0.134. The second kappa shape index (κ2) is 7.34. The molecule has 5 rings (SSSR count). The van der Waals surface area contributed by atoms with Gasteiger partial charge in [0.25, 0.3) is 5.91 Å². The molecule has 3 aliphatic rings. The van der Waals surface area contributed by atoms with E-state index < -0.39 is 0 Å². The molecule has 0 N–H and O–H groups in total. The number of hydrogen-bond donors (Lipinski definition) is 0. The summed E-state index contributed by atoms with van der Waals surface area (Å²) in [6, 6.07) is 5.40. The molecule has 0 unspecified atom stereocenters. The van der Waals surface area contributed by atoms with Gasteiger partial charge in [0.2, 0.25) is 11.9 Å². The van der Waals surface area contributed by atoms with E-state index in [-0.39, 0.29) is 29.2 Å². The molecule has 2 atom stereocenters. The van der Waals surface area contributed by atoms with Crippen LogP contribution < -0.4 is 4.90 Å². The van der Waals surface area contributed by atoms with Gasteiger partial charge < -0.3 is 14.7 Å². The molecular formula is C22H26N6O2. The summed E-state index contributed by atoms with van der Waals surface area (Å²) in [6.07, 6.45) is 8.40. The van der Waals surface area contributed by atoms with Crippen molar-refractivity contribution < 1.29 is 9.59 Å². The smallest absolute Gasteiger partial charge is 0.255 e. The van der Waals surface area contributed by atoms with Crippen molar-refractivity contribution in [3.63, 3.8) is 0 Å². The van der Waals surface area contributed by atoms with Crippen molar-refractivity contribution in [1.82, 2.24) is 24.8 Å². The van der Waals surface area contributed by atoms with Crippen LogP contribution in [0.1, 0.15) is 30.1 Å². The van der Waals surface area contributed by atoms with E-state index in [0.29, 0.717) is 37.7 Å². The average Bonchev–Trinajstić information content (AvgIpc) is 3.34. The van der Waals surface area contributed by atoms with Gasteiger partial charge in [0.1, 0.15) is 0 Å². The molecular weight excluding hydrogens is 380 g/mol. The van der Waals surface area contributed by atoms with Crippen LogP contribution in [0.5, 0.6) is 0 Å². The standard InChI is InChI=1S/C22H26N6O2/c1-2-28-20(30)17-14-27(21-24-9-4-10-25-21)15-18(17)22(28)6-11-26(12-7-22)19(29)16-5-3-8-23-13-16/h3-5,8-10,13,17-18H,2,6-7,11-12,14-15H2,1H3/t17-,18+/m0/s1. The quantitative estimate of drug-likeness (QED) is 0.768. The number of nitrogens with zero attached hydrogens (tertiary/aromatic N) is 6. The summed E-state index contributed by atoms with van der Waals surface area (Å²) < 4.78 is 0. The zero-order valence-corrected chi connectivity index (χ0v) is 17.1. The lowest BCUT2D eigenvalue weighted by Crippen LogP contribution is -2.57. The van der Waals surface area contributed by atoms with Gasteiger partial charge in [0, 0.05) is 63.4 Å². The molecule has 3 fully saturated rings. The van der Waals surface area contributed by atoms with Crippen molar-refractivity contribution in [2.45, 2.75) is 25.3 Å². The highest BCUT2D eigenvalue weighted by Gasteiger charge is 2.61. The first-order chi connectivity index (χ1) is 14.6.